The van der Waals surface area contributed by atoms with Crippen LogP contribution in [0.2, 0.25) is 0 Å². The van der Waals surface area contributed by atoms with Gasteiger partial charge in [-0.2, -0.15) is 0 Å². The largest absolute Gasteiger partial charge is 0.493 e. The van der Waals surface area contributed by atoms with Crippen molar-refractivity contribution in [3.63, 3.8) is 0 Å². The smallest absolute Gasteiger partial charge is 0.488 e. The number of aryl methyl sites for hydroxylation is 1. The van der Waals surface area contributed by atoms with Gasteiger partial charge in [-0.15, -0.1) is 0 Å². The van der Waals surface area contributed by atoms with Gasteiger partial charge in [0.15, 0.2) is 0 Å². The highest BCUT2D eigenvalue weighted by molar-refractivity contribution is 6.59. The second kappa shape index (κ2) is 5.19. The first-order chi connectivity index (χ1) is 7.00. The SMILES string of the molecule is Cc1cc(OCC(C)C)ccc1B(O)O. The Morgan fingerprint density at radius 1 is 1.33 bits per heavy atom. The maximum atomic E-state index is 9.03. The van der Waals surface area contributed by atoms with Gasteiger partial charge >= 0.3 is 7.12 Å². The van der Waals surface area contributed by atoms with Crippen molar-refractivity contribution in [1.29, 1.82) is 0 Å². The van der Waals surface area contributed by atoms with Crippen molar-refractivity contribution < 1.29 is 14.8 Å². The predicted molar refractivity (Wildman–Crippen MR) is 61.3 cm³/mol. The van der Waals surface area contributed by atoms with Gasteiger partial charge in [-0.3, -0.25) is 0 Å². The third-order valence-electron chi connectivity index (χ3n) is 2.10. The first-order valence-electron chi connectivity index (χ1n) is 5.10. The summed E-state index contributed by atoms with van der Waals surface area (Å²) in [6.45, 7) is 6.66. The molecule has 0 aliphatic heterocycles. The molecule has 2 N–H and O–H groups in total. The van der Waals surface area contributed by atoms with Crippen LogP contribution in [-0.4, -0.2) is 23.8 Å². The van der Waals surface area contributed by atoms with E-state index in [1.165, 1.54) is 0 Å². The molecule has 0 amide bonds. The van der Waals surface area contributed by atoms with Crippen LogP contribution in [0.3, 0.4) is 0 Å². The van der Waals surface area contributed by atoms with E-state index >= 15 is 0 Å². The highest BCUT2D eigenvalue weighted by Gasteiger charge is 2.13. The lowest BCUT2D eigenvalue weighted by atomic mass is 9.77. The fourth-order valence-electron chi connectivity index (χ4n) is 1.29. The summed E-state index contributed by atoms with van der Waals surface area (Å²) < 4.78 is 5.52. The summed E-state index contributed by atoms with van der Waals surface area (Å²) in [5.41, 5.74) is 1.35. The highest BCUT2D eigenvalue weighted by atomic mass is 16.5. The van der Waals surface area contributed by atoms with Crippen molar-refractivity contribution in [3.8, 4) is 5.75 Å². The Bertz CT molecular complexity index is 324. The Morgan fingerprint density at radius 2 is 2.00 bits per heavy atom. The molecule has 15 heavy (non-hydrogen) atoms. The zero-order chi connectivity index (χ0) is 11.4. The maximum absolute atomic E-state index is 9.03. The van der Waals surface area contributed by atoms with Crippen LogP contribution in [0.25, 0.3) is 0 Å². The van der Waals surface area contributed by atoms with Crippen molar-refractivity contribution in [3.05, 3.63) is 23.8 Å². The highest BCUT2D eigenvalue weighted by Crippen LogP contribution is 2.12. The van der Waals surface area contributed by atoms with Gasteiger partial charge < -0.3 is 14.8 Å². The summed E-state index contributed by atoms with van der Waals surface area (Å²) in [6, 6.07) is 5.25. The molecule has 1 aromatic carbocycles. The van der Waals surface area contributed by atoms with E-state index in [9.17, 15) is 0 Å². The van der Waals surface area contributed by atoms with Gasteiger partial charge in [0.05, 0.1) is 6.61 Å². The van der Waals surface area contributed by atoms with Crippen molar-refractivity contribution in [2.75, 3.05) is 6.61 Å². The minimum Gasteiger partial charge on any atom is -0.493 e. The zero-order valence-corrected chi connectivity index (χ0v) is 9.40. The molecule has 3 nitrogen and oxygen atoms in total. The minimum atomic E-state index is -1.41. The lowest BCUT2D eigenvalue weighted by Gasteiger charge is -2.11. The molecule has 0 aliphatic rings. The standard InChI is InChI=1S/C11H17BO3/c1-8(2)7-15-10-4-5-11(12(13)14)9(3)6-10/h4-6,8,13-14H,7H2,1-3H3. The van der Waals surface area contributed by atoms with Crippen LogP contribution in [0.1, 0.15) is 19.4 Å². The van der Waals surface area contributed by atoms with Gasteiger partial charge in [0.2, 0.25) is 0 Å². The van der Waals surface area contributed by atoms with E-state index < -0.39 is 7.12 Å². The average Bonchev–Trinajstić information content (AvgIpc) is 2.14. The maximum Gasteiger partial charge on any atom is 0.488 e. The molecule has 0 saturated carbocycles. The summed E-state index contributed by atoms with van der Waals surface area (Å²) in [5, 5.41) is 18.1. The van der Waals surface area contributed by atoms with Gasteiger partial charge in [0, 0.05) is 0 Å². The molecule has 0 aromatic heterocycles. The van der Waals surface area contributed by atoms with Crippen LogP contribution in [-0.2, 0) is 0 Å². The van der Waals surface area contributed by atoms with E-state index in [-0.39, 0.29) is 0 Å². The Morgan fingerprint density at radius 3 is 2.47 bits per heavy atom. The Kier molecular flexibility index (Phi) is 4.18. The first-order valence-corrected chi connectivity index (χ1v) is 5.10. The van der Waals surface area contributed by atoms with E-state index in [4.69, 9.17) is 14.8 Å². The summed E-state index contributed by atoms with van der Waals surface area (Å²) in [6.07, 6.45) is 0. The predicted octanol–water partition coefficient (Wildman–Crippen LogP) is 0.710. The topological polar surface area (TPSA) is 49.7 Å². The van der Waals surface area contributed by atoms with Gasteiger partial charge in [-0.25, -0.2) is 0 Å². The molecule has 0 unspecified atom stereocenters. The second-order valence-electron chi connectivity index (χ2n) is 4.10. The van der Waals surface area contributed by atoms with Crippen LogP contribution in [0.5, 0.6) is 5.75 Å². The Balaban J connectivity index is 2.73. The average molecular weight is 208 g/mol. The lowest BCUT2D eigenvalue weighted by Crippen LogP contribution is -2.31. The molecule has 0 radical (unpaired) electrons. The van der Waals surface area contributed by atoms with Crippen LogP contribution in [0.15, 0.2) is 18.2 Å². The van der Waals surface area contributed by atoms with Crippen LogP contribution in [0, 0.1) is 12.8 Å². The van der Waals surface area contributed by atoms with Gasteiger partial charge in [-0.05, 0) is 36.0 Å². The van der Waals surface area contributed by atoms with Crippen molar-refractivity contribution >= 4 is 12.6 Å². The number of rotatable bonds is 4. The summed E-state index contributed by atoms with van der Waals surface area (Å²) >= 11 is 0. The van der Waals surface area contributed by atoms with Gasteiger partial charge in [-0.1, -0.05) is 19.9 Å². The molecule has 0 heterocycles. The first kappa shape index (κ1) is 12.1. The fourth-order valence-corrected chi connectivity index (χ4v) is 1.29. The lowest BCUT2D eigenvalue weighted by molar-refractivity contribution is 0.271. The van der Waals surface area contributed by atoms with E-state index in [2.05, 4.69) is 13.8 Å². The Labute approximate surface area is 90.9 Å². The molecule has 0 spiro atoms. The molecular formula is C11H17BO3. The van der Waals surface area contributed by atoms with E-state index in [1.54, 1.807) is 12.1 Å². The Hall–Kier alpha value is -0.995. The molecule has 1 rings (SSSR count). The molecule has 0 bridgehead atoms. The minimum absolute atomic E-state index is 0.480. The van der Waals surface area contributed by atoms with Gasteiger partial charge in [0.1, 0.15) is 5.75 Å². The van der Waals surface area contributed by atoms with E-state index in [0.717, 1.165) is 11.3 Å². The molecule has 0 saturated heterocycles. The van der Waals surface area contributed by atoms with E-state index in [0.29, 0.717) is 18.0 Å². The number of benzene rings is 1. The third-order valence-corrected chi connectivity index (χ3v) is 2.10. The third kappa shape index (κ3) is 3.57. The molecule has 4 heteroatoms. The molecular weight excluding hydrogens is 191 g/mol. The normalized spacial score (nSPS) is 10.5. The van der Waals surface area contributed by atoms with E-state index in [1.807, 2.05) is 13.0 Å². The molecule has 0 aliphatic carbocycles. The monoisotopic (exact) mass is 208 g/mol. The van der Waals surface area contributed by atoms with Crippen molar-refractivity contribution in [2.45, 2.75) is 20.8 Å². The van der Waals surface area contributed by atoms with Crippen molar-refractivity contribution in [2.24, 2.45) is 5.92 Å². The number of hydrogen-bond acceptors (Lipinski definition) is 3. The van der Waals surface area contributed by atoms with Gasteiger partial charge in [0.25, 0.3) is 0 Å². The summed E-state index contributed by atoms with van der Waals surface area (Å²) in [4.78, 5) is 0. The summed E-state index contributed by atoms with van der Waals surface area (Å²) in [7, 11) is -1.41. The van der Waals surface area contributed by atoms with Crippen LogP contribution >= 0.6 is 0 Å². The fraction of sp³-hybridized carbons (Fsp3) is 0.455. The second-order valence-corrected chi connectivity index (χ2v) is 4.10. The van der Waals surface area contributed by atoms with Crippen molar-refractivity contribution in [1.82, 2.24) is 0 Å². The summed E-state index contributed by atoms with van der Waals surface area (Å²) in [5.74, 6) is 1.25. The molecule has 0 fully saturated rings. The van der Waals surface area contributed by atoms with Crippen LogP contribution in [0.4, 0.5) is 0 Å². The zero-order valence-electron chi connectivity index (χ0n) is 9.40. The molecule has 0 atom stereocenters. The number of ether oxygens (including phenoxy) is 1. The number of hydrogen-bond donors (Lipinski definition) is 2. The molecule has 1 aromatic rings. The quantitative estimate of drug-likeness (QED) is 0.716. The molecule has 82 valence electrons. The van der Waals surface area contributed by atoms with Crippen LogP contribution < -0.4 is 10.2 Å².